The van der Waals surface area contributed by atoms with Crippen LogP contribution in [0.25, 0.3) is 11.0 Å². The summed E-state index contributed by atoms with van der Waals surface area (Å²) in [5, 5.41) is 2.58. The number of carbonyl (C=O) groups is 1. The molecule has 0 unspecified atom stereocenters. The molecule has 1 aromatic heterocycles. The molecule has 0 aliphatic rings. The van der Waals surface area contributed by atoms with Crippen molar-refractivity contribution < 1.29 is 22.7 Å². The van der Waals surface area contributed by atoms with Crippen LogP contribution in [0.5, 0.6) is 5.75 Å². The van der Waals surface area contributed by atoms with E-state index in [2.05, 4.69) is 10.3 Å². The first kappa shape index (κ1) is 22.0. The van der Waals surface area contributed by atoms with E-state index in [1.165, 1.54) is 6.07 Å². The van der Waals surface area contributed by atoms with E-state index in [-0.39, 0.29) is 18.0 Å². The first-order valence-corrected chi connectivity index (χ1v) is 10.8. The Morgan fingerprint density at radius 1 is 1.23 bits per heavy atom. The highest BCUT2D eigenvalue weighted by Gasteiger charge is 2.31. The Balaban J connectivity index is 1.89. The maximum atomic E-state index is 13.1. The molecule has 160 valence electrons. The fourth-order valence-electron chi connectivity index (χ4n) is 3.02. The Kier molecular flexibility index (Phi) is 6.91. The Labute approximate surface area is 176 Å². The van der Waals surface area contributed by atoms with E-state index in [1.54, 1.807) is 16.3 Å². The zero-order valence-corrected chi connectivity index (χ0v) is 17.4. The van der Waals surface area contributed by atoms with Crippen molar-refractivity contribution >= 4 is 34.4 Å². The van der Waals surface area contributed by atoms with Gasteiger partial charge in [0.25, 0.3) is 0 Å². The molecular formula is C21H22F3N3O2S. The van der Waals surface area contributed by atoms with Crippen LogP contribution in [0.4, 0.5) is 18.9 Å². The Hall–Kier alpha value is -2.68. The van der Waals surface area contributed by atoms with Gasteiger partial charge in [-0.25, -0.2) is 4.98 Å². The predicted octanol–water partition coefficient (Wildman–Crippen LogP) is 5.35. The van der Waals surface area contributed by atoms with E-state index in [0.29, 0.717) is 18.8 Å². The highest BCUT2D eigenvalue weighted by Crippen LogP contribution is 2.35. The summed E-state index contributed by atoms with van der Waals surface area (Å²) in [7, 11) is 0. The smallest absolute Gasteiger partial charge is 0.416 e. The molecule has 0 fully saturated rings. The lowest BCUT2D eigenvalue weighted by Gasteiger charge is -2.16. The summed E-state index contributed by atoms with van der Waals surface area (Å²) in [4.78, 5) is 17.3. The van der Waals surface area contributed by atoms with E-state index in [0.717, 1.165) is 29.0 Å². The van der Waals surface area contributed by atoms with Crippen LogP contribution in [-0.2, 0) is 23.3 Å². The molecule has 3 rings (SSSR count). The van der Waals surface area contributed by atoms with Gasteiger partial charge in [0.2, 0.25) is 5.91 Å². The first-order chi connectivity index (χ1) is 14.3. The van der Waals surface area contributed by atoms with Crippen molar-refractivity contribution in [3.05, 3.63) is 53.9 Å². The van der Waals surface area contributed by atoms with E-state index in [4.69, 9.17) is 4.74 Å². The second-order valence-electron chi connectivity index (χ2n) is 6.64. The minimum Gasteiger partial charge on any atom is -0.491 e. The largest absolute Gasteiger partial charge is 0.491 e. The van der Waals surface area contributed by atoms with Crippen molar-refractivity contribution in [3.8, 4) is 5.75 Å². The summed E-state index contributed by atoms with van der Waals surface area (Å²) >= 11 is 1.57. The van der Waals surface area contributed by atoms with Gasteiger partial charge in [-0.15, -0.1) is 0 Å². The lowest BCUT2D eigenvalue weighted by atomic mass is 10.1. The molecule has 9 heteroatoms. The highest BCUT2D eigenvalue weighted by molar-refractivity contribution is 7.97. The number of para-hydroxylation sites is 2. The van der Waals surface area contributed by atoms with E-state index >= 15 is 0 Å². The number of ether oxygens (including phenoxy) is 1. The minimum atomic E-state index is -4.52. The van der Waals surface area contributed by atoms with Gasteiger partial charge in [0.15, 0.2) is 0 Å². The van der Waals surface area contributed by atoms with Gasteiger partial charge >= 0.3 is 6.18 Å². The number of hydrogen-bond donors (Lipinski definition) is 1. The summed E-state index contributed by atoms with van der Waals surface area (Å²) in [6, 6.07) is 10.5. The molecule has 0 aliphatic carbocycles. The summed E-state index contributed by atoms with van der Waals surface area (Å²) in [5.41, 5.74) is 0.709. The molecule has 0 radical (unpaired) electrons. The van der Waals surface area contributed by atoms with Gasteiger partial charge in [-0.1, -0.05) is 19.1 Å². The molecule has 0 aliphatic heterocycles. The van der Waals surface area contributed by atoms with Crippen LogP contribution in [-0.4, -0.2) is 28.3 Å². The molecule has 1 N–H and O–H groups in total. The fourth-order valence-corrected chi connectivity index (χ4v) is 3.49. The van der Waals surface area contributed by atoms with Crippen LogP contribution in [0.3, 0.4) is 0 Å². The number of amides is 1. The standard InChI is InChI=1S/C21H22F3N3O2S/c1-3-10-29-18-9-8-14(21(22,23)24)11-16(18)26-20(28)12-27-17-7-5-4-6-15(17)25-19(27)13-30-2/h4-9,11H,3,10,12-13H2,1-2H3,(H,26,28). The van der Waals surface area contributed by atoms with Crippen molar-refractivity contribution in [2.75, 3.05) is 18.2 Å². The number of aromatic nitrogens is 2. The molecule has 0 saturated carbocycles. The first-order valence-electron chi connectivity index (χ1n) is 9.40. The number of benzene rings is 2. The number of rotatable bonds is 8. The lowest BCUT2D eigenvalue weighted by Crippen LogP contribution is -2.21. The molecule has 30 heavy (non-hydrogen) atoms. The van der Waals surface area contributed by atoms with Crippen LogP contribution >= 0.6 is 11.8 Å². The van der Waals surface area contributed by atoms with Crippen LogP contribution in [0.15, 0.2) is 42.5 Å². The quantitative estimate of drug-likeness (QED) is 0.517. The molecule has 5 nitrogen and oxygen atoms in total. The Bertz CT molecular complexity index is 1030. The summed E-state index contributed by atoms with van der Waals surface area (Å²) < 4.78 is 46.7. The topological polar surface area (TPSA) is 56.1 Å². The van der Waals surface area contributed by atoms with Gasteiger partial charge in [0.1, 0.15) is 18.1 Å². The molecule has 2 aromatic carbocycles. The predicted molar refractivity (Wildman–Crippen MR) is 113 cm³/mol. The van der Waals surface area contributed by atoms with Gasteiger partial charge < -0.3 is 14.6 Å². The number of carbonyl (C=O) groups excluding carboxylic acids is 1. The Morgan fingerprint density at radius 2 is 2.00 bits per heavy atom. The molecular weight excluding hydrogens is 415 g/mol. The molecule has 1 amide bonds. The van der Waals surface area contributed by atoms with Crippen LogP contribution in [0, 0.1) is 0 Å². The third kappa shape index (κ3) is 5.08. The van der Waals surface area contributed by atoms with E-state index < -0.39 is 17.6 Å². The number of hydrogen-bond acceptors (Lipinski definition) is 4. The summed E-state index contributed by atoms with van der Waals surface area (Å²) in [5.74, 6) is 1.08. The third-order valence-corrected chi connectivity index (χ3v) is 4.90. The zero-order chi connectivity index (χ0) is 21.7. The number of thioether (sulfide) groups is 1. The number of alkyl halides is 3. The maximum Gasteiger partial charge on any atom is 0.416 e. The maximum absolute atomic E-state index is 13.1. The van der Waals surface area contributed by atoms with E-state index in [9.17, 15) is 18.0 Å². The molecule has 3 aromatic rings. The lowest BCUT2D eigenvalue weighted by molar-refractivity contribution is -0.137. The summed E-state index contributed by atoms with van der Waals surface area (Å²) in [6.45, 7) is 2.15. The van der Waals surface area contributed by atoms with Crippen molar-refractivity contribution in [1.82, 2.24) is 9.55 Å². The van der Waals surface area contributed by atoms with Crippen molar-refractivity contribution in [3.63, 3.8) is 0 Å². The molecule has 1 heterocycles. The second kappa shape index (κ2) is 9.42. The fraction of sp³-hybridized carbons (Fsp3) is 0.333. The number of imidazole rings is 1. The molecule has 0 atom stereocenters. The normalized spacial score (nSPS) is 11.6. The average molecular weight is 437 g/mol. The van der Waals surface area contributed by atoms with Crippen molar-refractivity contribution in [2.45, 2.75) is 31.8 Å². The van der Waals surface area contributed by atoms with Crippen LogP contribution in [0.1, 0.15) is 24.7 Å². The number of nitrogens with one attached hydrogen (secondary N) is 1. The van der Waals surface area contributed by atoms with Gasteiger partial charge in [0.05, 0.1) is 34.6 Å². The second-order valence-corrected chi connectivity index (χ2v) is 7.51. The van der Waals surface area contributed by atoms with Crippen LogP contribution < -0.4 is 10.1 Å². The molecule has 0 bridgehead atoms. The third-order valence-electron chi connectivity index (χ3n) is 4.35. The van der Waals surface area contributed by atoms with E-state index in [1.807, 2.05) is 37.4 Å². The molecule has 0 saturated heterocycles. The number of nitrogens with zero attached hydrogens (tertiary/aromatic N) is 2. The SMILES string of the molecule is CCCOc1ccc(C(F)(F)F)cc1NC(=O)Cn1c(CSC)nc2ccccc21. The number of anilines is 1. The average Bonchev–Trinajstić information content (AvgIpc) is 3.03. The zero-order valence-electron chi connectivity index (χ0n) is 16.6. The van der Waals surface area contributed by atoms with Crippen molar-refractivity contribution in [2.24, 2.45) is 0 Å². The number of halogens is 3. The molecule has 0 spiro atoms. The van der Waals surface area contributed by atoms with Gasteiger partial charge in [-0.2, -0.15) is 24.9 Å². The summed E-state index contributed by atoms with van der Waals surface area (Å²) in [6.07, 6.45) is -1.90. The number of fused-ring (bicyclic) bond motifs is 1. The van der Waals surface area contributed by atoms with Gasteiger partial charge in [-0.05, 0) is 43.0 Å². The Morgan fingerprint density at radius 3 is 2.70 bits per heavy atom. The van der Waals surface area contributed by atoms with Crippen molar-refractivity contribution in [1.29, 1.82) is 0 Å². The highest BCUT2D eigenvalue weighted by atomic mass is 32.2. The monoisotopic (exact) mass is 437 g/mol. The van der Waals surface area contributed by atoms with Gasteiger partial charge in [-0.3, -0.25) is 4.79 Å². The minimum absolute atomic E-state index is 0.000822. The van der Waals surface area contributed by atoms with Crippen LogP contribution in [0.2, 0.25) is 0 Å². The van der Waals surface area contributed by atoms with Gasteiger partial charge in [0, 0.05) is 0 Å².